The maximum atomic E-state index is 14.3. The van der Waals surface area contributed by atoms with Crippen LogP contribution in [0, 0.1) is 0 Å². The van der Waals surface area contributed by atoms with E-state index in [1.807, 2.05) is 24.3 Å². The van der Waals surface area contributed by atoms with Crippen LogP contribution >= 0.6 is 0 Å². The van der Waals surface area contributed by atoms with Gasteiger partial charge in [0.05, 0.1) is 24.7 Å². The number of aldehydes is 1. The number of rotatable bonds is 12. The van der Waals surface area contributed by atoms with Gasteiger partial charge in [0, 0.05) is 66.6 Å². The minimum Gasteiger partial charge on any atom is -0.361 e. The Morgan fingerprint density at radius 2 is 1.74 bits per heavy atom. The summed E-state index contributed by atoms with van der Waals surface area (Å²) in [7, 11) is 0. The van der Waals surface area contributed by atoms with Crippen LogP contribution in [0.4, 0.5) is 0 Å². The predicted molar refractivity (Wildman–Crippen MR) is 149 cm³/mol. The van der Waals surface area contributed by atoms with Gasteiger partial charge in [-0.05, 0) is 18.1 Å². The summed E-state index contributed by atoms with van der Waals surface area (Å²) in [4.78, 5) is 83.2. The Hall–Kier alpha value is -5.11. The third kappa shape index (κ3) is 6.28. The number of imide groups is 1. The molecule has 0 unspecified atom stereocenters. The van der Waals surface area contributed by atoms with Crippen molar-refractivity contribution in [1.29, 1.82) is 0 Å². The molecule has 14 heteroatoms. The summed E-state index contributed by atoms with van der Waals surface area (Å²) in [5.74, 6) is -2.45. The van der Waals surface area contributed by atoms with Gasteiger partial charge in [-0.15, -0.1) is 0 Å². The number of H-pyrrole nitrogens is 3. The number of carbonyl (C=O) groups excluding carboxylic acids is 5. The van der Waals surface area contributed by atoms with Crippen LogP contribution in [-0.2, 0) is 43.2 Å². The van der Waals surface area contributed by atoms with Gasteiger partial charge in [-0.25, -0.2) is 9.97 Å². The molecule has 0 bridgehead atoms. The van der Waals surface area contributed by atoms with E-state index >= 15 is 0 Å². The second-order valence-corrected chi connectivity index (χ2v) is 10.2. The Morgan fingerprint density at radius 1 is 1.02 bits per heavy atom. The molecule has 1 aliphatic heterocycles. The lowest BCUT2D eigenvalue weighted by molar-refractivity contribution is -0.152. The minimum atomic E-state index is -1.27. The number of benzene rings is 1. The van der Waals surface area contributed by atoms with E-state index in [0.29, 0.717) is 17.7 Å². The van der Waals surface area contributed by atoms with E-state index in [-0.39, 0.29) is 38.0 Å². The molecule has 1 aromatic carbocycles. The highest BCUT2D eigenvalue weighted by Crippen LogP contribution is 2.21. The molecule has 1 saturated heterocycles. The number of nitrogens with zero attached hydrogens (tertiary/aromatic N) is 3. The van der Waals surface area contributed by atoms with Crippen molar-refractivity contribution in [2.45, 2.75) is 56.3 Å². The van der Waals surface area contributed by atoms with Crippen molar-refractivity contribution in [1.82, 2.24) is 40.5 Å². The zero-order valence-corrected chi connectivity index (χ0v) is 22.6. The van der Waals surface area contributed by atoms with Crippen molar-refractivity contribution < 1.29 is 24.0 Å². The van der Waals surface area contributed by atoms with E-state index in [4.69, 9.17) is 5.73 Å². The van der Waals surface area contributed by atoms with Crippen molar-refractivity contribution in [3.05, 3.63) is 72.5 Å². The number of aromatic amines is 3. The van der Waals surface area contributed by atoms with Crippen LogP contribution < -0.4 is 16.4 Å². The van der Waals surface area contributed by atoms with Gasteiger partial charge >= 0.3 is 0 Å². The normalized spacial score (nSPS) is 16.9. The summed E-state index contributed by atoms with van der Waals surface area (Å²) >= 11 is 0. The van der Waals surface area contributed by atoms with Crippen molar-refractivity contribution in [3.63, 3.8) is 0 Å². The standard InChI is InChI=1S/C28H31N9O5/c29-21(8-17-11-30-14-33-17)27(41)37(19(13-38)7-16-10-32-22-4-2-1-3-20(16)22)28(42)24(9-18-12-31-15-34-18)36-26(40)23-5-6-25(39)35-23/h1-4,10-15,19,21,23-24,32H,5-9,29H2,(H,30,33)(H,31,34)(H,35,39)(H,36,40)/t19-,21-,23-,24-/m0/s1. The Morgan fingerprint density at radius 3 is 2.38 bits per heavy atom. The molecule has 5 rings (SSSR count). The third-order valence-electron chi connectivity index (χ3n) is 7.28. The van der Waals surface area contributed by atoms with Crippen LogP contribution in [0.2, 0.25) is 0 Å². The van der Waals surface area contributed by atoms with Gasteiger partial charge < -0.3 is 36.1 Å². The highest BCUT2D eigenvalue weighted by Gasteiger charge is 2.39. The predicted octanol–water partition coefficient (Wildman–Crippen LogP) is -0.345. The highest BCUT2D eigenvalue weighted by molar-refractivity contribution is 6.04. The smallest absolute Gasteiger partial charge is 0.252 e. The molecule has 42 heavy (non-hydrogen) atoms. The lowest BCUT2D eigenvalue weighted by Crippen LogP contribution is -2.60. The molecule has 1 fully saturated rings. The van der Waals surface area contributed by atoms with Crippen molar-refractivity contribution in [2.75, 3.05) is 0 Å². The van der Waals surface area contributed by atoms with Crippen molar-refractivity contribution in [2.24, 2.45) is 5.73 Å². The van der Waals surface area contributed by atoms with Gasteiger partial charge in [-0.2, -0.15) is 0 Å². The molecule has 4 aromatic rings. The van der Waals surface area contributed by atoms with Crippen molar-refractivity contribution in [3.8, 4) is 0 Å². The number of hydrogen-bond donors (Lipinski definition) is 6. The first kappa shape index (κ1) is 28.4. The van der Waals surface area contributed by atoms with Gasteiger partial charge in [-0.1, -0.05) is 18.2 Å². The Kier molecular flexibility index (Phi) is 8.52. The molecule has 4 atom stereocenters. The first-order valence-corrected chi connectivity index (χ1v) is 13.5. The zero-order valence-electron chi connectivity index (χ0n) is 22.6. The van der Waals surface area contributed by atoms with Crippen LogP contribution in [0.3, 0.4) is 0 Å². The number of fused-ring (bicyclic) bond motifs is 1. The maximum absolute atomic E-state index is 14.3. The Balaban J connectivity index is 1.47. The lowest BCUT2D eigenvalue weighted by atomic mass is 10.0. The van der Waals surface area contributed by atoms with E-state index in [1.165, 1.54) is 25.0 Å². The molecule has 4 amide bonds. The number of carbonyl (C=O) groups is 5. The van der Waals surface area contributed by atoms with Gasteiger partial charge in [0.25, 0.3) is 5.91 Å². The second-order valence-electron chi connectivity index (χ2n) is 10.2. The van der Waals surface area contributed by atoms with Crippen LogP contribution in [0.5, 0.6) is 0 Å². The lowest BCUT2D eigenvalue weighted by Gasteiger charge is -2.32. The minimum absolute atomic E-state index is 0.0190. The van der Waals surface area contributed by atoms with Crippen LogP contribution in [0.1, 0.15) is 29.8 Å². The monoisotopic (exact) mass is 573 g/mol. The second kappa shape index (κ2) is 12.6. The number of imidazole rings is 2. The molecule has 1 aliphatic rings. The van der Waals surface area contributed by atoms with E-state index in [2.05, 4.69) is 35.6 Å². The molecule has 0 saturated carbocycles. The maximum Gasteiger partial charge on any atom is 0.252 e. The fraction of sp³-hybridized carbons (Fsp3) is 0.321. The van der Waals surface area contributed by atoms with E-state index < -0.39 is 41.9 Å². The summed E-state index contributed by atoms with van der Waals surface area (Å²) in [6, 6.07) is 2.93. The molecule has 0 radical (unpaired) electrons. The molecular weight excluding hydrogens is 542 g/mol. The quantitative estimate of drug-likeness (QED) is 0.123. The molecule has 4 heterocycles. The molecule has 7 N–H and O–H groups in total. The summed E-state index contributed by atoms with van der Waals surface area (Å²) in [5.41, 5.74) is 8.93. The largest absolute Gasteiger partial charge is 0.361 e. The van der Waals surface area contributed by atoms with E-state index in [9.17, 15) is 24.0 Å². The van der Waals surface area contributed by atoms with Gasteiger partial charge in [0.15, 0.2) is 0 Å². The fourth-order valence-corrected chi connectivity index (χ4v) is 5.13. The first-order valence-electron chi connectivity index (χ1n) is 13.5. The van der Waals surface area contributed by atoms with Crippen molar-refractivity contribution >= 4 is 40.8 Å². The molecule has 3 aromatic heterocycles. The molecule has 0 spiro atoms. The Labute approximate surface area is 239 Å². The topological polar surface area (TPSA) is 212 Å². The summed E-state index contributed by atoms with van der Waals surface area (Å²) < 4.78 is 0. The van der Waals surface area contributed by atoms with Gasteiger partial charge in [-0.3, -0.25) is 24.1 Å². The first-order chi connectivity index (χ1) is 20.3. The average molecular weight is 574 g/mol. The van der Waals surface area contributed by atoms with Gasteiger partial charge in [0.1, 0.15) is 18.4 Å². The third-order valence-corrected chi connectivity index (χ3v) is 7.28. The fourth-order valence-electron chi connectivity index (χ4n) is 5.13. The number of nitrogens with one attached hydrogen (secondary N) is 5. The molecule has 218 valence electrons. The van der Waals surface area contributed by atoms with E-state index in [0.717, 1.165) is 21.4 Å². The number of nitrogens with two attached hydrogens (primary N) is 1. The van der Waals surface area contributed by atoms with Gasteiger partial charge in [0.2, 0.25) is 17.7 Å². The van der Waals surface area contributed by atoms with Crippen LogP contribution in [-0.4, -0.2) is 83.9 Å². The Bertz CT molecular complexity index is 1560. The average Bonchev–Trinajstić information content (AvgIpc) is 3.81. The number of hydrogen-bond acceptors (Lipinski definition) is 8. The molecular formula is C28H31N9O5. The van der Waals surface area contributed by atoms with E-state index in [1.54, 1.807) is 6.20 Å². The number of para-hydroxylation sites is 1. The molecule has 14 nitrogen and oxygen atoms in total. The summed E-state index contributed by atoms with van der Waals surface area (Å²) in [5, 5.41) is 6.10. The number of amides is 4. The molecule has 0 aliphatic carbocycles. The number of aromatic nitrogens is 5. The summed E-state index contributed by atoms with van der Waals surface area (Å²) in [6.45, 7) is 0. The SMILES string of the molecule is N[C@@H](Cc1cnc[nH]1)C(=O)N(C(=O)[C@H](Cc1cnc[nH]1)NC(=O)[C@@H]1CCC(=O)N1)[C@H](C=O)Cc1c[nH]c2ccccc12. The summed E-state index contributed by atoms with van der Waals surface area (Å²) in [6.07, 6.45) is 8.58. The zero-order chi connectivity index (χ0) is 29.6. The van der Waals surface area contributed by atoms with Crippen LogP contribution in [0.15, 0.2) is 55.5 Å². The highest BCUT2D eigenvalue weighted by atomic mass is 16.2. The van der Waals surface area contributed by atoms with Crippen LogP contribution in [0.25, 0.3) is 10.9 Å².